The number of hydrogen-bond acceptors (Lipinski definition) is 4. The van der Waals surface area contributed by atoms with E-state index < -0.39 is 16.1 Å². The quantitative estimate of drug-likeness (QED) is 0.724. The molecular formula is C21H27N3O4S. The number of aryl methyl sites for hydroxylation is 1. The maximum absolute atomic E-state index is 12.7. The topological polar surface area (TPSA) is 95.6 Å². The Morgan fingerprint density at radius 2 is 1.48 bits per heavy atom. The molecule has 2 amide bonds. The molecular weight excluding hydrogens is 390 g/mol. The summed E-state index contributed by atoms with van der Waals surface area (Å²) in [6, 6.07) is 12.3. The Labute approximate surface area is 172 Å². The van der Waals surface area contributed by atoms with Crippen LogP contribution in [0.3, 0.4) is 0 Å². The smallest absolute Gasteiger partial charge is 0.251 e. The number of carbonyl (C=O) groups excluding carboxylic acids is 2. The minimum atomic E-state index is -3.54. The summed E-state index contributed by atoms with van der Waals surface area (Å²) < 4.78 is 25.4. The molecule has 0 heterocycles. The summed E-state index contributed by atoms with van der Waals surface area (Å²) in [6.45, 7) is 5.61. The lowest BCUT2D eigenvalue weighted by Crippen LogP contribution is -2.47. The van der Waals surface area contributed by atoms with Crippen molar-refractivity contribution in [3.63, 3.8) is 0 Å². The summed E-state index contributed by atoms with van der Waals surface area (Å²) >= 11 is 0. The zero-order valence-corrected chi connectivity index (χ0v) is 18.1. The van der Waals surface area contributed by atoms with Gasteiger partial charge in [0.15, 0.2) is 0 Å². The van der Waals surface area contributed by atoms with Gasteiger partial charge in [0.25, 0.3) is 5.91 Å². The molecule has 0 spiro atoms. The zero-order chi connectivity index (χ0) is 21.8. The van der Waals surface area contributed by atoms with Crippen LogP contribution in [0.1, 0.15) is 29.8 Å². The largest absolute Gasteiger partial charge is 0.340 e. The third-order valence-corrected chi connectivity index (χ3v) is 6.28. The third-order valence-electron chi connectivity index (χ3n) is 4.45. The van der Waals surface area contributed by atoms with Gasteiger partial charge in [0.2, 0.25) is 15.9 Å². The second kappa shape index (κ2) is 9.19. The van der Waals surface area contributed by atoms with Gasteiger partial charge in [0, 0.05) is 25.3 Å². The van der Waals surface area contributed by atoms with E-state index in [1.165, 1.54) is 38.4 Å². The van der Waals surface area contributed by atoms with Crippen LogP contribution in [0, 0.1) is 12.8 Å². The van der Waals surface area contributed by atoms with Gasteiger partial charge >= 0.3 is 0 Å². The molecule has 0 unspecified atom stereocenters. The Kier molecular flexibility index (Phi) is 7.16. The van der Waals surface area contributed by atoms with Crippen LogP contribution in [-0.2, 0) is 14.8 Å². The van der Waals surface area contributed by atoms with Crippen molar-refractivity contribution in [2.45, 2.75) is 31.7 Å². The van der Waals surface area contributed by atoms with Gasteiger partial charge in [0.05, 0.1) is 4.90 Å². The van der Waals surface area contributed by atoms with Crippen molar-refractivity contribution in [3.05, 3.63) is 59.7 Å². The molecule has 7 nitrogen and oxygen atoms in total. The molecule has 0 aromatic heterocycles. The molecule has 29 heavy (non-hydrogen) atoms. The predicted octanol–water partition coefficient (Wildman–Crippen LogP) is 2.64. The van der Waals surface area contributed by atoms with Crippen molar-refractivity contribution >= 4 is 27.5 Å². The molecule has 0 fully saturated rings. The fourth-order valence-electron chi connectivity index (χ4n) is 2.61. The third kappa shape index (κ3) is 5.65. The van der Waals surface area contributed by atoms with E-state index in [-0.39, 0.29) is 22.6 Å². The SMILES string of the molecule is Cc1ccc(C(=O)N[C@@H](C(=O)Nc2ccc(S(=O)(=O)N(C)C)cc2)C(C)C)cc1. The normalized spacial score (nSPS) is 12.7. The van der Waals surface area contributed by atoms with Crippen LogP contribution in [-0.4, -0.2) is 44.7 Å². The van der Waals surface area contributed by atoms with E-state index in [0.717, 1.165) is 9.87 Å². The lowest BCUT2D eigenvalue weighted by Gasteiger charge is -2.22. The second-order valence-electron chi connectivity index (χ2n) is 7.36. The Bertz CT molecular complexity index is 966. The number of amides is 2. The van der Waals surface area contributed by atoms with Gasteiger partial charge in [0.1, 0.15) is 6.04 Å². The van der Waals surface area contributed by atoms with Crippen LogP contribution < -0.4 is 10.6 Å². The molecule has 8 heteroatoms. The van der Waals surface area contributed by atoms with E-state index in [1.807, 2.05) is 32.9 Å². The van der Waals surface area contributed by atoms with E-state index in [4.69, 9.17) is 0 Å². The van der Waals surface area contributed by atoms with Crippen molar-refractivity contribution in [1.29, 1.82) is 0 Å². The monoisotopic (exact) mass is 417 g/mol. The van der Waals surface area contributed by atoms with Crippen molar-refractivity contribution in [2.75, 3.05) is 19.4 Å². The zero-order valence-electron chi connectivity index (χ0n) is 17.3. The maximum atomic E-state index is 12.7. The molecule has 0 bridgehead atoms. The van der Waals surface area contributed by atoms with Gasteiger partial charge in [-0.3, -0.25) is 9.59 Å². The van der Waals surface area contributed by atoms with E-state index >= 15 is 0 Å². The van der Waals surface area contributed by atoms with Crippen molar-refractivity contribution in [1.82, 2.24) is 9.62 Å². The van der Waals surface area contributed by atoms with E-state index in [9.17, 15) is 18.0 Å². The average Bonchev–Trinajstić information content (AvgIpc) is 2.66. The minimum absolute atomic E-state index is 0.133. The first-order valence-corrected chi connectivity index (χ1v) is 10.7. The van der Waals surface area contributed by atoms with Gasteiger partial charge in [-0.25, -0.2) is 12.7 Å². The summed E-state index contributed by atoms with van der Waals surface area (Å²) in [5, 5.41) is 5.50. The van der Waals surface area contributed by atoms with Crippen molar-refractivity contribution < 1.29 is 18.0 Å². The first-order chi connectivity index (χ1) is 13.5. The van der Waals surface area contributed by atoms with Crippen LogP contribution in [0.4, 0.5) is 5.69 Å². The van der Waals surface area contributed by atoms with Crippen LogP contribution in [0.25, 0.3) is 0 Å². The number of carbonyl (C=O) groups is 2. The first kappa shape index (κ1) is 22.6. The van der Waals surface area contributed by atoms with E-state index in [2.05, 4.69) is 10.6 Å². The summed E-state index contributed by atoms with van der Waals surface area (Å²) in [7, 11) is -0.631. The van der Waals surface area contributed by atoms with Crippen LogP contribution >= 0.6 is 0 Å². The number of nitrogens with one attached hydrogen (secondary N) is 2. The number of rotatable bonds is 7. The van der Waals surface area contributed by atoms with Crippen molar-refractivity contribution in [2.24, 2.45) is 5.92 Å². The molecule has 2 N–H and O–H groups in total. The molecule has 0 saturated heterocycles. The highest BCUT2D eigenvalue weighted by atomic mass is 32.2. The standard InChI is InChI=1S/C21H27N3O4S/c1-14(2)19(23-20(25)16-8-6-15(3)7-9-16)21(26)22-17-10-12-18(13-11-17)29(27,28)24(4)5/h6-14,19H,1-5H3,(H,22,26)(H,23,25)/t19-/m1/s1. The van der Waals surface area contributed by atoms with E-state index in [1.54, 1.807) is 12.1 Å². The van der Waals surface area contributed by atoms with Crippen LogP contribution in [0.5, 0.6) is 0 Å². The highest BCUT2D eigenvalue weighted by molar-refractivity contribution is 7.89. The molecule has 2 rings (SSSR count). The summed E-state index contributed by atoms with van der Waals surface area (Å²) in [6.07, 6.45) is 0. The number of benzene rings is 2. The minimum Gasteiger partial charge on any atom is -0.340 e. The highest BCUT2D eigenvalue weighted by Gasteiger charge is 2.25. The average molecular weight is 418 g/mol. The van der Waals surface area contributed by atoms with Gasteiger partial charge in [-0.2, -0.15) is 0 Å². The second-order valence-corrected chi connectivity index (χ2v) is 9.51. The Balaban J connectivity index is 2.11. The van der Waals surface area contributed by atoms with Gasteiger partial charge in [-0.1, -0.05) is 31.5 Å². The van der Waals surface area contributed by atoms with Gasteiger partial charge < -0.3 is 10.6 Å². The van der Waals surface area contributed by atoms with E-state index in [0.29, 0.717) is 11.3 Å². The fraction of sp³-hybridized carbons (Fsp3) is 0.333. The molecule has 2 aromatic rings. The Morgan fingerprint density at radius 3 is 1.97 bits per heavy atom. The molecule has 1 atom stereocenters. The molecule has 2 aromatic carbocycles. The Hall–Kier alpha value is -2.71. The summed E-state index contributed by atoms with van der Waals surface area (Å²) in [4.78, 5) is 25.3. The molecule has 0 aliphatic heterocycles. The van der Waals surface area contributed by atoms with Crippen LogP contribution in [0.2, 0.25) is 0 Å². The summed E-state index contributed by atoms with van der Waals surface area (Å²) in [5.41, 5.74) is 1.97. The molecule has 0 saturated carbocycles. The van der Waals surface area contributed by atoms with Gasteiger partial charge in [-0.15, -0.1) is 0 Å². The van der Waals surface area contributed by atoms with Crippen LogP contribution in [0.15, 0.2) is 53.4 Å². The number of anilines is 1. The number of hydrogen-bond donors (Lipinski definition) is 2. The number of nitrogens with zero attached hydrogens (tertiary/aromatic N) is 1. The number of sulfonamides is 1. The molecule has 0 aliphatic carbocycles. The summed E-state index contributed by atoms with van der Waals surface area (Å²) in [5.74, 6) is -0.840. The van der Waals surface area contributed by atoms with Crippen molar-refractivity contribution in [3.8, 4) is 0 Å². The lowest BCUT2D eigenvalue weighted by molar-refractivity contribution is -0.118. The highest BCUT2D eigenvalue weighted by Crippen LogP contribution is 2.17. The first-order valence-electron chi connectivity index (χ1n) is 9.23. The molecule has 0 radical (unpaired) electrons. The molecule has 0 aliphatic rings. The molecule has 156 valence electrons. The van der Waals surface area contributed by atoms with Gasteiger partial charge in [-0.05, 0) is 49.2 Å². The lowest BCUT2D eigenvalue weighted by atomic mass is 10.0. The predicted molar refractivity (Wildman–Crippen MR) is 113 cm³/mol. The maximum Gasteiger partial charge on any atom is 0.251 e. The fourth-order valence-corrected chi connectivity index (χ4v) is 3.51. The Morgan fingerprint density at radius 1 is 0.931 bits per heavy atom.